The van der Waals surface area contributed by atoms with Gasteiger partial charge in [0.25, 0.3) is 0 Å². The van der Waals surface area contributed by atoms with Crippen LogP contribution >= 0.6 is 0 Å². The van der Waals surface area contributed by atoms with Crippen LogP contribution in [0.15, 0.2) is 36.4 Å². The fourth-order valence-corrected chi connectivity index (χ4v) is 5.06. The van der Waals surface area contributed by atoms with Gasteiger partial charge in [0.05, 0.1) is 7.11 Å². The summed E-state index contributed by atoms with van der Waals surface area (Å²) in [5.41, 5.74) is 13.4. The van der Waals surface area contributed by atoms with Crippen molar-refractivity contribution >= 4 is 0 Å². The standard InChI is InChI=1S/C25H33NO/c1-17-3-4-19(14-25(17)27-2)6-5-18-7-8-21-15-22(10-9-20(21)13-18)23-11-12-24(26)16-23/h3-4,9-10,14-15,18,23-24H,5-8,11-13,16,26H2,1-2H3. The van der Waals surface area contributed by atoms with Crippen molar-refractivity contribution in [2.75, 3.05) is 7.11 Å². The van der Waals surface area contributed by atoms with E-state index in [1.807, 2.05) is 0 Å². The number of benzene rings is 2. The first-order chi connectivity index (χ1) is 13.1. The van der Waals surface area contributed by atoms with E-state index in [-0.39, 0.29) is 0 Å². The average Bonchev–Trinajstić information content (AvgIpc) is 3.13. The molecule has 0 aromatic heterocycles. The molecule has 3 unspecified atom stereocenters. The molecular formula is C25H33NO. The largest absolute Gasteiger partial charge is 0.496 e. The Morgan fingerprint density at radius 2 is 1.93 bits per heavy atom. The van der Waals surface area contributed by atoms with Gasteiger partial charge in [-0.05, 0) is 104 Å². The highest BCUT2D eigenvalue weighted by Gasteiger charge is 2.25. The lowest BCUT2D eigenvalue weighted by molar-refractivity contribution is 0.409. The van der Waals surface area contributed by atoms with Crippen molar-refractivity contribution < 1.29 is 4.74 Å². The molecule has 2 N–H and O–H groups in total. The quantitative estimate of drug-likeness (QED) is 0.778. The number of hydrogen-bond acceptors (Lipinski definition) is 2. The van der Waals surface area contributed by atoms with Gasteiger partial charge in [-0.3, -0.25) is 0 Å². The third-order valence-corrected chi connectivity index (χ3v) is 6.82. The number of nitrogens with two attached hydrogens (primary N) is 1. The Labute approximate surface area is 164 Å². The normalized spacial score (nSPS) is 24.6. The Balaban J connectivity index is 1.37. The van der Waals surface area contributed by atoms with Crippen molar-refractivity contribution in [3.05, 3.63) is 64.2 Å². The van der Waals surface area contributed by atoms with E-state index in [4.69, 9.17) is 10.5 Å². The predicted octanol–water partition coefficient (Wildman–Crippen LogP) is 5.34. The lowest BCUT2D eigenvalue weighted by Gasteiger charge is -2.26. The fraction of sp³-hybridized carbons (Fsp3) is 0.520. The average molecular weight is 364 g/mol. The zero-order valence-electron chi connectivity index (χ0n) is 16.8. The summed E-state index contributed by atoms with van der Waals surface area (Å²) in [7, 11) is 1.76. The van der Waals surface area contributed by atoms with Crippen LogP contribution in [0.4, 0.5) is 0 Å². The summed E-state index contributed by atoms with van der Waals surface area (Å²) in [6, 6.07) is 14.4. The number of rotatable bonds is 5. The smallest absolute Gasteiger partial charge is 0.122 e. The molecule has 0 radical (unpaired) electrons. The highest BCUT2D eigenvalue weighted by molar-refractivity contribution is 5.38. The summed E-state index contributed by atoms with van der Waals surface area (Å²) in [5, 5.41) is 0. The van der Waals surface area contributed by atoms with Crippen molar-refractivity contribution in [1.29, 1.82) is 0 Å². The summed E-state index contributed by atoms with van der Waals surface area (Å²) in [6.45, 7) is 2.11. The highest BCUT2D eigenvalue weighted by atomic mass is 16.5. The van der Waals surface area contributed by atoms with Gasteiger partial charge in [0, 0.05) is 6.04 Å². The maximum atomic E-state index is 6.12. The number of fused-ring (bicyclic) bond motifs is 1. The van der Waals surface area contributed by atoms with Crippen molar-refractivity contribution in [2.45, 2.75) is 70.3 Å². The second-order valence-electron chi connectivity index (χ2n) is 8.75. The molecule has 2 aromatic rings. The van der Waals surface area contributed by atoms with Gasteiger partial charge >= 0.3 is 0 Å². The Kier molecular flexibility index (Phi) is 5.54. The van der Waals surface area contributed by atoms with Crippen molar-refractivity contribution in [3.8, 4) is 5.75 Å². The first kappa shape index (κ1) is 18.6. The third-order valence-electron chi connectivity index (χ3n) is 6.82. The van der Waals surface area contributed by atoms with Crippen LogP contribution in [0, 0.1) is 12.8 Å². The molecule has 2 aromatic carbocycles. The second-order valence-corrected chi connectivity index (χ2v) is 8.75. The lowest BCUT2D eigenvalue weighted by atomic mass is 9.79. The number of ether oxygens (including phenoxy) is 1. The molecule has 0 spiro atoms. The molecule has 2 aliphatic rings. The maximum Gasteiger partial charge on any atom is 0.122 e. The molecule has 2 aliphatic carbocycles. The molecule has 144 valence electrons. The molecule has 0 amide bonds. The summed E-state index contributed by atoms with van der Waals surface area (Å²) >= 11 is 0. The number of aryl methyl sites for hydroxylation is 3. The zero-order chi connectivity index (χ0) is 18.8. The Bertz CT molecular complexity index is 797. The second kappa shape index (κ2) is 8.06. The van der Waals surface area contributed by atoms with E-state index < -0.39 is 0 Å². The van der Waals surface area contributed by atoms with Crippen LogP contribution in [-0.2, 0) is 19.3 Å². The SMILES string of the molecule is COc1cc(CCC2CCc3cc(C4CCC(N)C4)ccc3C2)ccc1C. The van der Waals surface area contributed by atoms with Crippen LogP contribution in [0.25, 0.3) is 0 Å². The molecule has 0 saturated heterocycles. The van der Waals surface area contributed by atoms with E-state index >= 15 is 0 Å². The van der Waals surface area contributed by atoms with Gasteiger partial charge < -0.3 is 10.5 Å². The first-order valence-corrected chi connectivity index (χ1v) is 10.6. The number of methoxy groups -OCH3 is 1. The zero-order valence-corrected chi connectivity index (χ0v) is 16.8. The van der Waals surface area contributed by atoms with Crippen LogP contribution in [0.1, 0.15) is 65.8 Å². The topological polar surface area (TPSA) is 35.2 Å². The molecule has 2 nitrogen and oxygen atoms in total. The number of hydrogen-bond donors (Lipinski definition) is 1. The summed E-state index contributed by atoms with van der Waals surface area (Å²) in [5.74, 6) is 2.51. The van der Waals surface area contributed by atoms with Gasteiger partial charge in [-0.25, -0.2) is 0 Å². The first-order valence-electron chi connectivity index (χ1n) is 10.6. The Morgan fingerprint density at radius 3 is 2.70 bits per heavy atom. The summed E-state index contributed by atoms with van der Waals surface area (Å²) in [4.78, 5) is 0. The Morgan fingerprint density at radius 1 is 1.04 bits per heavy atom. The lowest BCUT2D eigenvalue weighted by Crippen LogP contribution is -2.16. The van der Waals surface area contributed by atoms with E-state index in [1.54, 1.807) is 18.2 Å². The van der Waals surface area contributed by atoms with Gasteiger partial charge in [0.2, 0.25) is 0 Å². The highest BCUT2D eigenvalue weighted by Crippen LogP contribution is 2.36. The summed E-state index contributed by atoms with van der Waals surface area (Å²) < 4.78 is 5.48. The van der Waals surface area contributed by atoms with Gasteiger partial charge in [0.1, 0.15) is 5.75 Å². The van der Waals surface area contributed by atoms with Crippen LogP contribution in [0.2, 0.25) is 0 Å². The van der Waals surface area contributed by atoms with Crippen LogP contribution in [-0.4, -0.2) is 13.2 Å². The van der Waals surface area contributed by atoms with Gasteiger partial charge in [-0.1, -0.05) is 30.3 Å². The van der Waals surface area contributed by atoms with E-state index in [2.05, 4.69) is 43.3 Å². The van der Waals surface area contributed by atoms with E-state index in [1.165, 1.54) is 61.6 Å². The summed E-state index contributed by atoms with van der Waals surface area (Å²) in [6.07, 6.45) is 9.84. The minimum Gasteiger partial charge on any atom is -0.496 e. The van der Waals surface area contributed by atoms with Gasteiger partial charge in [-0.15, -0.1) is 0 Å². The minimum atomic E-state index is 0.413. The third kappa shape index (κ3) is 4.21. The fourth-order valence-electron chi connectivity index (χ4n) is 5.06. The van der Waals surface area contributed by atoms with E-state index in [9.17, 15) is 0 Å². The monoisotopic (exact) mass is 363 g/mol. The van der Waals surface area contributed by atoms with Crippen LogP contribution in [0.5, 0.6) is 5.75 Å². The van der Waals surface area contributed by atoms with E-state index in [0.29, 0.717) is 12.0 Å². The maximum absolute atomic E-state index is 6.12. The van der Waals surface area contributed by atoms with Crippen molar-refractivity contribution in [2.24, 2.45) is 11.7 Å². The predicted molar refractivity (Wildman–Crippen MR) is 113 cm³/mol. The molecule has 0 bridgehead atoms. The molecule has 0 heterocycles. The molecule has 2 heteroatoms. The molecule has 1 fully saturated rings. The molecular weight excluding hydrogens is 330 g/mol. The van der Waals surface area contributed by atoms with Crippen LogP contribution < -0.4 is 10.5 Å². The van der Waals surface area contributed by atoms with Gasteiger partial charge in [0.15, 0.2) is 0 Å². The van der Waals surface area contributed by atoms with Crippen molar-refractivity contribution in [1.82, 2.24) is 0 Å². The van der Waals surface area contributed by atoms with E-state index in [0.717, 1.165) is 18.1 Å². The molecule has 4 rings (SSSR count). The van der Waals surface area contributed by atoms with Gasteiger partial charge in [-0.2, -0.15) is 0 Å². The molecule has 3 atom stereocenters. The van der Waals surface area contributed by atoms with Crippen molar-refractivity contribution in [3.63, 3.8) is 0 Å². The molecule has 0 aliphatic heterocycles. The van der Waals surface area contributed by atoms with Crippen LogP contribution in [0.3, 0.4) is 0 Å². The molecule has 27 heavy (non-hydrogen) atoms. The molecule has 1 saturated carbocycles. The Hall–Kier alpha value is -1.80. The minimum absolute atomic E-state index is 0.413.